The fourth-order valence-electron chi connectivity index (χ4n) is 1.97. The molecule has 0 saturated carbocycles. The van der Waals surface area contributed by atoms with Crippen molar-refractivity contribution in [2.45, 2.75) is 6.54 Å². The van der Waals surface area contributed by atoms with Gasteiger partial charge in [-0.2, -0.15) is 0 Å². The van der Waals surface area contributed by atoms with E-state index in [1.54, 1.807) is 6.07 Å². The van der Waals surface area contributed by atoms with E-state index in [0.717, 1.165) is 45.5 Å². The van der Waals surface area contributed by atoms with Crippen LogP contribution in [0.1, 0.15) is 5.56 Å². The SMILES string of the molecule is Fc1cccc(CNCCN2CCOCC2)c1F. The van der Waals surface area contributed by atoms with Gasteiger partial charge in [-0.1, -0.05) is 12.1 Å². The van der Waals surface area contributed by atoms with Crippen LogP contribution < -0.4 is 5.32 Å². The molecule has 1 fully saturated rings. The lowest BCUT2D eigenvalue weighted by Crippen LogP contribution is -2.40. The van der Waals surface area contributed by atoms with E-state index in [-0.39, 0.29) is 0 Å². The number of halogens is 2. The zero-order chi connectivity index (χ0) is 12.8. The highest BCUT2D eigenvalue weighted by molar-refractivity contribution is 5.18. The predicted octanol–water partition coefficient (Wildman–Crippen LogP) is 1.39. The molecule has 1 aromatic rings. The molecule has 0 bridgehead atoms. The molecule has 1 N–H and O–H groups in total. The average Bonchev–Trinajstić information content (AvgIpc) is 2.40. The van der Waals surface area contributed by atoms with Crippen LogP contribution in [0.25, 0.3) is 0 Å². The van der Waals surface area contributed by atoms with E-state index >= 15 is 0 Å². The molecule has 0 aliphatic carbocycles. The number of nitrogens with zero attached hydrogens (tertiary/aromatic N) is 1. The van der Waals surface area contributed by atoms with E-state index in [9.17, 15) is 8.78 Å². The van der Waals surface area contributed by atoms with Gasteiger partial charge in [-0.05, 0) is 6.07 Å². The first-order chi connectivity index (χ1) is 8.77. The highest BCUT2D eigenvalue weighted by atomic mass is 19.2. The Balaban J connectivity index is 1.70. The second-order valence-electron chi connectivity index (χ2n) is 4.34. The molecule has 0 aromatic heterocycles. The molecule has 100 valence electrons. The number of benzene rings is 1. The van der Waals surface area contributed by atoms with Gasteiger partial charge in [0.2, 0.25) is 0 Å². The minimum atomic E-state index is -0.789. The number of nitrogens with one attached hydrogen (secondary N) is 1. The van der Waals surface area contributed by atoms with E-state index in [1.807, 2.05) is 0 Å². The van der Waals surface area contributed by atoms with Crippen LogP contribution in [-0.2, 0) is 11.3 Å². The summed E-state index contributed by atoms with van der Waals surface area (Å²) in [6.07, 6.45) is 0. The molecule has 5 heteroatoms. The molecule has 1 aliphatic rings. The van der Waals surface area contributed by atoms with E-state index in [1.165, 1.54) is 6.07 Å². The Labute approximate surface area is 106 Å². The number of hydrogen-bond acceptors (Lipinski definition) is 3. The fourth-order valence-corrected chi connectivity index (χ4v) is 1.97. The van der Waals surface area contributed by atoms with E-state index in [0.29, 0.717) is 12.1 Å². The van der Waals surface area contributed by atoms with Crippen molar-refractivity contribution in [3.63, 3.8) is 0 Å². The third-order valence-electron chi connectivity index (χ3n) is 3.06. The number of ether oxygens (including phenoxy) is 1. The molecular formula is C13H18F2N2O. The molecule has 0 amide bonds. The maximum absolute atomic E-state index is 13.3. The number of morpholine rings is 1. The predicted molar refractivity (Wildman–Crippen MR) is 65.3 cm³/mol. The summed E-state index contributed by atoms with van der Waals surface area (Å²) < 4.78 is 31.5. The van der Waals surface area contributed by atoms with Crippen molar-refractivity contribution in [3.8, 4) is 0 Å². The lowest BCUT2D eigenvalue weighted by Gasteiger charge is -2.26. The van der Waals surface area contributed by atoms with Gasteiger partial charge in [0.15, 0.2) is 11.6 Å². The Kier molecular flexibility index (Phi) is 5.04. The number of hydrogen-bond donors (Lipinski definition) is 1. The van der Waals surface area contributed by atoms with Crippen LogP contribution >= 0.6 is 0 Å². The first-order valence-corrected chi connectivity index (χ1v) is 6.21. The van der Waals surface area contributed by atoms with Gasteiger partial charge in [0, 0.05) is 38.3 Å². The highest BCUT2D eigenvalue weighted by Gasteiger charge is 2.10. The molecule has 2 rings (SSSR count). The minimum Gasteiger partial charge on any atom is -0.379 e. The smallest absolute Gasteiger partial charge is 0.163 e. The average molecular weight is 256 g/mol. The first-order valence-electron chi connectivity index (χ1n) is 6.21. The summed E-state index contributed by atoms with van der Waals surface area (Å²) in [6, 6.07) is 4.25. The van der Waals surface area contributed by atoms with Gasteiger partial charge in [-0.15, -0.1) is 0 Å². The normalized spacial score (nSPS) is 17.0. The summed E-state index contributed by atoms with van der Waals surface area (Å²) in [5.41, 5.74) is 0.372. The third-order valence-corrected chi connectivity index (χ3v) is 3.06. The molecule has 0 spiro atoms. The zero-order valence-electron chi connectivity index (χ0n) is 10.3. The monoisotopic (exact) mass is 256 g/mol. The van der Waals surface area contributed by atoms with E-state index in [4.69, 9.17) is 4.74 Å². The number of rotatable bonds is 5. The van der Waals surface area contributed by atoms with Crippen LogP contribution in [0.5, 0.6) is 0 Å². The fraction of sp³-hybridized carbons (Fsp3) is 0.538. The molecule has 1 heterocycles. The van der Waals surface area contributed by atoms with Gasteiger partial charge in [0.25, 0.3) is 0 Å². The standard InChI is InChI=1S/C13H18F2N2O/c14-12-3-1-2-11(13(12)15)10-16-4-5-17-6-8-18-9-7-17/h1-3,16H,4-10H2. The van der Waals surface area contributed by atoms with Gasteiger partial charge in [-0.25, -0.2) is 8.78 Å². The second-order valence-corrected chi connectivity index (χ2v) is 4.34. The topological polar surface area (TPSA) is 24.5 Å². The summed E-state index contributed by atoms with van der Waals surface area (Å²) in [6.45, 7) is 5.45. The van der Waals surface area contributed by atoms with Gasteiger partial charge >= 0.3 is 0 Å². The summed E-state index contributed by atoms with van der Waals surface area (Å²) in [7, 11) is 0. The minimum absolute atomic E-state index is 0.355. The van der Waals surface area contributed by atoms with E-state index in [2.05, 4.69) is 10.2 Å². The summed E-state index contributed by atoms with van der Waals surface area (Å²) in [5.74, 6) is -1.54. The van der Waals surface area contributed by atoms with Crippen molar-refractivity contribution in [1.82, 2.24) is 10.2 Å². The van der Waals surface area contributed by atoms with Gasteiger partial charge in [0.1, 0.15) is 0 Å². The molecule has 3 nitrogen and oxygen atoms in total. The largest absolute Gasteiger partial charge is 0.379 e. The van der Waals surface area contributed by atoms with Crippen molar-refractivity contribution < 1.29 is 13.5 Å². The molecule has 1 aliphatic heterocycles. The van der Waals surface area contributed by atoms with Crippen LogP contribution in [0.2, 0.25) is 0 Å². The second kappa shape index (κ2) is 6.78. The Morgan fingerprint density at radius 2 is 2.00 bits per heavy atom. The summed E-state index contributed by atoms with van der Waals surface area (Å²) in [4.78, 5) is 2.29. The van der Waals surface area contributed by atoms with Crippen molar-refractivity contribution in [3.05, 3.63) is 35.4 Å². The van der Waals surface area contributed by atoms with Crippen LogP contribution in [0.15, 0.2) is 18.2 Å². The maximum atomic E-state index is 13.3. The molecule has 0 radical (unpaired) electrons. The van der Waals surface area contributed by atoms with Gasteiger partial charge < -0.3 is 10.1 Å². The van der Waals surface area contributed by atoms with Crippen molar-refractivity contribution in [2.75, 3.05) is 39.4 Å². The van der Waals surface area contributed by atoms with Crippen LogP contribution in [0.4, 0.5) is 8.78 Å². The van der Waals surface area contributed by atoms with Crippen molar-refractivity contribution in [2.24, 2.45) is 0 Å². The molecule has 1 aromatic carbocycles. The summed E-state index contributed by atoms with van der Waals surface area (Å²) >= 11 is 0. The van der Waals surface area contributed by atoms with Crippen molar-refractivity contribution in [1.29, 1.82) is 0 Å². The third kappa shape index (κ3) is 3.73. The first kappa shape index (κ1) is 13.4. The van der Waals surface area contributed by atoms with Gasteiger partial charge in [0.05, 0.1) is 13.2 Å². The molecule has 18 heavy (non-hydrogen) atoms. The Morgan fingerprint density at radius 1 is 1.22 bits per heavy atom. The molecule has 1 saturated heterocycles. The lowest BCUT2D eigenvalue weighted by molar-refractivity contribution is 0.0384. The molecule has 0 atom stereocenters. The van der Waals surface area contributed by atoms with Crippen LogP contribution in [0.3, 0.4) is 0 Å². The maximum Gasteiger partial charge on any atom is 0.163 e. The van der Waals surface area contributed by atoms with Crippen molar-refractivity contribution >= 4 is 0 Å². The quantitative estimate of drug-likeness (QED) is 0.806. The lowest BCUT2D eigenvalue weighted by atomic mass is 10.2. The zero-order valence-corrected chi connectivity index (χ0v) is 10.3. The molecular weight excluding hydrogens is 238 g/mol. The van der Waals surface area contributed by atoms with E-state index < -0.39 is 11.6 Å². The summed E-state index contributed by atoms with van der Waals surface area (Å²) in [5, 5.41) is 3.13. The highest BCUT2D eigenvalue weighted by Crippen LogP contribution is 2.10. The Bertz CT molecular complexity index is 381. The molecule has 0 unspecified atom stereocenters. The van der Waals surface area contributed by atoms with Gasteiger partial charge in [-0.3, -0.25) is 4.90 Å². The van der Waals surface area contributed by atoms with Crippen LogP contribution in [-0.4, -0.2) is 44.3 Å². The Hall–Kier alpha value is -1.04. The Morgan fingerprint density at radius 3 is 2.78 bits per heavy atom. The van der Waals surface area contributed by atoms with Crippen LogP contribution in [0, 0.1) is 11.6 Å².